The van der Waals surface area contributed by atoms with Crippen LogP contribution >= 0.6 is 11.8 Å². The first-order valence-electron chi connectivity index (χ1n) is 12.5. The zero-order valence-electron chi connectivity index (χ0n) is 21.5. The smallest absolute Gasteiger partial charge is 0.234 e. The Balaban J connectivity index is 1.21. The Morgan fingerprint density at radius 3 is 2.13 bits per heavy atom. The van der Waals surface area contributed by atoms with Gasteiger partial charge in [0.15, 0.2) is 11.0 Å². The lowest BCUT2D eigenvalue weighted by Crippen LogP contribution is -2.14. The average molecular weight is 537 g/mol. The van der Waals surface area contributed by atoms with Crippen LogP contribution in [0.1, 0.15) is 17.0 Å². The first-order chi connectivity index (χ1) is 19.1. The molecule has 0 saturated heterocycles. The van der Waals surface area contributed by atoms with Gasteiger partial charge in [-0.1, -0.05) is 78.0 Å². The minimum Gasteiger partial charge on any atom is -0.489 e. The summed E-state index contributed by atoms with van der Waals surface area (Å²) >= 11 is 1.32. The zero-order valence-corrected chi connectivity index (χ0v) is 22.3. The summed E-state index contributed by atoms with van der Waals surface area (Å²) in [7, 11) is 0. The van der Waals surface area contributed by atoms with Gasteiger partial charge >= 0.3 is 0 Å². The highest BCUT2D eigenvalue weighted by molar-refractivity contribution is 7.99. The van der Waals surface area contributed by atoms with Gasteiger partial charge in [0, 0.05) is 11.4 Å². The number of anilines is 1. The lowest BCUT2D eigenvalue weighted by atomic mass is 10.2. The molecule has 39 heavy (non-hydrogen) atoms. The number of carbonyl (C=O) groups is 1. The molecule has 0 aliphatic carbocycles. The lowest BCUT2D eigenvalue weighted by Gasteiger charge is -2.12. The molecule has 5 rings (SSSR count). The van der Waals surface area contributed by atoms with Crippen molar-refractivity contribution >= 4 is 23.4 Å². The summed E-state index contributed by atoms with van der Waals surface area (Å²) in [6, 6.07) is 35.0. The third-order valence-corrected chi connectivity index (χ3v) is 6.75. The van der Waals surface area contributed by atoms with Crippen molar-refractivity contribution in [2.24, 2.45) is 0 Å². The summed E-state index contributed by atoms with van der Waals surface area (Å²) in [5, 5.41) is 12.3. The first kappa shape index (κ1) is 26.1. The molecular formula is C31H28N4O3S. The molecule has 1 amide bonds. The van der Waals surface area contributed by atoms with E-state index in [4.69, 9.17) is 9.47 Å². The summed E-state index contributed by atoms with van der Waals surface area (Å²) in [5.74, 6) is 2.18. The van der Waals surface area contributed by atoms with Crippen molar-refractivity contribution in [3.63, 3.8) is 0 Å². The predicted octanol–water partition coefficient (Wildman–Crippen LogP) is 6.46. The molecule has 1 N–H and O–H groups in total. The highest BCUT2D eigenvalue weighted by Gasteiger charge is 2.17. The number of carbonyl (C=O) groups excluding carboxylic acids is 1. The van der Waals surface area contributed by atoms with E-state index in [1.807, 2.05) is 121 Å². The highest BCUT2D eigenvalue weighted by Crippen LogP contribution is 2.24. The van der Waals surface area contributed by atoms with Crippen LogP contribution < -0.4 is 14.8 Å². The quantitative estimate of drug-likeness (QED) is 0.195. The van der Waals surface area contributed by atoms with Gasteiger partial charge in [0.05, 0.1) is 5.75 Å². The molecule has 196 valence electrons. The largest absolute Gasteiger partial charge is 0.489 e. The van der Waals surface area contributed by atoms with Crippen molar-refractivity contribution in [1.29, 1.82) is 0 Å². The molecule has 4 aromatic carbocycles. The zero-order chi connectivity index (χ0) is 26.9. The molecule has 5 aromatic rings. The van der Waals surface area contributed by atoms with Gasteiger partial charge in [-0.3, -0.25) is 9.36 Å². The molecule has 0 atom stereocenters. The Morgan fingerprint density at radius 2 is 1.41 bits per heavy atom. The third kappa shape index (κ3) is 7.27. The summed E-state index contributed by atoms with van der Waals surface area (Å²) in [5.41, 5.74) is 3.86. The number of para-hydroxylation sites is 1. The van der Waals surface area contributed by atoms with Crippen molar-refractivity contribution in [3.05, 3.63) is 126 Å². The SMILES string of the molecule is Cc1ccc(-n2c(COc3ccccc3)nnc2SCC(=O)Nc2ccc(OCc3ccccc3)cc2)cc1. The fourth-order valence-corrected chi connectivity index (χ4v) is 4.58. The second-order valence-electron chi connectivity index (χ2n) is 8.81. The molecule has 1 aromatic heterocycles. The lowest BCUT2D eigenvalue weighted by molar-refractivity contribution is -0.113. The van der Waals surface area contributed by atoms with E-state index in [1.54, 1.807) is 0 Å². The van der Waals surface area contributed by atoms with E-state index < -0.39 is 0 Å². The molecule has 0 aliphatic rings. The van der Waals surface area contributed by atoms with E-state index in [9.17, 15) is 4.79 Å². The van der Waals surface area contributed by atoms with Crippen molar-refractivity contribution in [2.45, 2.75) is 25.3 Å². The van der Waals surface area contributed by atoms with Crippen LogP contribution in [0.2, 0.25) is 0 Å². The molecule has 0 saturated carbocycles. The number of rotatable bonds is 11. The highest BCUT2D eigenvalue weighted by atomic mass is 32.2. The molecular weight excluding hydrogens is 508 g/mol. The van der Waals surface area contributed by atoms with E-state index in [-0.39, 0.29) is 18.3 Å². The third-order valence-electron chi connectivity index (χ3n) is 5.82. The number of hydrogen-bond acceptors (Lipinski definition) is 6. The van der Waals surface area contributed by atoms with Gasteiger partial charge in [-0.25, -0.2) is 0 Å². The molecule has 1 heterocycles. The predicted molar refractivity (Wildman–Crippen MR) is 153 cm³/mol. The number of ether oxygens (including phenoxy) is 2. The molecule has 0 aliphatic heterocycles. The summed E-state index contributed by atoms with van der Waals surface area (Å²) in [4.78, 5) is 12.7. The molecule has 0 spiro atoms. The van der Waals surface area contributed by atoms with E-state index in [0.29, 0.717) is 23.3 Å². The molecule has 0 fully saturated rings. The molecule has 0 unspecified atom stereocenters. The van der Waals surface area contributed by atoms with Crippen LogP contribution in [-0.2, 0) is 18.0 Å². The van der Waals surface area contributed by atoms with Gasteiger partial charge in [-0.15, -0.1) is 10.2 Å². The maximum Gasteiger partial charge on any atom is 0.234 e. The van der Waals surface area contributed by atoms with Gasteiger partial charge in [0.25, 0.3) is 0 Å². The molecule has 7 nitrogen and oxygen atoms in total. The number of thioether (sulfide) groups is 1. The Labute approximate surface area is 231 Å². The maximum absolute atomic E-state index is 12.7. The second kappa shape index (κ2) is 12.8. The summed E-state index contributed by atoms with van der Waals surface area (Å²) in [6.07, 6.45) is 0. The first-order valence-corrected chi connectivity index (χ1v) is 13.5. The number of nitrogens with one attached hydrogen (secondary N) is 1. The van der Waals surface area contributed by atoms with Crippen LogP contribution in [0.3, 0.4) is 0 Å². The van der Waals surface area contributed by atoms with Crippen molar-refractivity contribution in [1.82, 2.24) is 14.8 Å². The molecule has 8 heteroatoms. The number of aryl methyl sites for hydroxylation is 1. The minimum atomic E-state index is -0.140. The number of hydrogen-bond donors (Lipinski definition) is 1. The van der Waals surface area contributed by atoms with Gasteiger partial charge in [0.1, 0.15) is 24.7 Å². The topological polar surface area (TPSA) is 78.3 Å². The number of benzene rings is 4. The van der Waals surface area contributed by atoms with Crippen molar-refractivity contribution in [3.8, 4) is 17.2 Å². The standard InChI is InChI=1S/C31H28N4O3S/c1-23-12-16-26(17-13-23)35-29(21-38-27-10-6-3-7-11-27)33-34-31(35)39-22-30(36)32-25-14-18-28(19-15-25)37-20-24-8-4-2-5-9-24/h2-19H,20-22H2,1H3,(H,32,36). The Morgan fingerprint density at radius 1 is 0.769 bits per heavy atom. The normalized spacial score (nSPS) is 10.7. The Kier molecular flexibility index (Phi) is 8.55. The average Bonchev–Trinajstić information content (AvgIpc) is 3.39. The van der Waals surface area contributed by atoms with Gasteiger partial charge in [-0.05, 0) is 61.0 Å². The number of nitrogens with zero attached hydrogens (tertiary/aromatic N) is 3. The summed E-state index contributed by atoms with van der Waals surface area (Å²) in [6.45, 7) is 2.77. The fourth-order valence-electron chi connectivity index (χ4n) is 3.81. The van der Waals surface area contributed by atoms with Crippen molar-refractivity contribution in [2.75, 3.05) is 11.1 Å². The van der Waals surface area contributed by atoms with E-state index in [2.05, 4.69) is 15.5 Å². The second-order valence-corrected chi connectivity index (χ2v) is 9.75. The van der Waals surface area contributed by atoms with E-state index in [1.165, 1.54) is 11.8 Å². The van der Waals surface area contributed by atoms with Gasteiger partial charge < -0.3 is 14.8 Å². The van der Waals surface area contributed by atoms with Crippen LogP contribution in [0.15, 0.2) is 114 Å². The Hall–Kier alpha value is -4.56. The van der Waals surface area contributed by atoms with Gasteiger partial charge in [-0.2, -0.15) is 0 Å². The van der Waals surface area contributed by atoms with Crippen LogP contribution in [0.4, 0.5) is 5.69 Å². The van der Waals surface area contributed by atoms with Crippen LogP contribution in [0, 0.1) is 6.92 Å². The van der Waals surface area contributed by atoms with E-state index >= 15 is 0 Å². The monoisotopic (exact) mass is 536 g/mol. The van der Waals surface area contributed by atoms with Crippen molar-refractivity contribution < 1.29 is 14.3 Å². The number of amides is 1. The Bertz CT molecular complexity index is 1490. The van der Waals surface area contributed by atoms with Gasteiger partial charge in [0.2, 0.25) is 5.91 Å². The van der Waals surface area contributed by atoms with E-state index in [0.717, 1.165) is 28.3 Å². The van der Waals surface area contributed by atoms with Crippen LogP contribution in [0.5, 0.6) is 11.5 Å². The number of aromatic nitrogens is 3. The van der Waals surface area contributed by atoms with Crippen LogP contribution in [0.25, 0.3) is 5.69 Å². The van der Waals surface area contributed by atoms with Crippen LogP contribution in [-0.4, -0.2) is 26.4 Å². The molecule has 0 radical (unpaired) electrons. The molecule has 0 bridgehead atoms. The summed E-state index contributed by atoms with van der Waals surface area (Å²) < 4.78 is 13.7. The maximum atomic E-state index is 12.7. The fraction of sp³-hybridized carbons (Fsp3) is 0.129. The minimum absolute atomic E-state index is 0.140.